The first-order valence-corrected chi connectivity index (χ1v) is 6.23. The smallest absolute Gasteiger partial charge is 0.422 e. The average molecular weight is 299 g/mol. The number of rotatable bonds is 4. The molecular weight excluding hydrogens is 286 g/mol. The number of aromatic nitrogens is 1. The SMILES string of the molecule is Cc1c(OCC(F)(F)F)ccnc1Cc1cccc(F)c1. The van der Waals surface area contributed by atoms with E-state index in [1.807, 2.05) is 0 Å². The number of pyridine rings is 1. The zero-order valence-electron chi connectivity index (χ0n) is 11.2. The van der Waals surface area contributed by atoms with Gasteiger partial charge in [-0.3, -0.25) is 4.98 Å². The second-order valence-electron chi connectivity index (χ2n) is 4.59. The van der Waals surface area contributed by atoms with Crippen LogP contribution in [0.5, 0.6) is 5.75 Å². The van der Waals surface area contributed by atoms with E-state index in [4.69, 9.17) is 4.74 Å². The van der Waals surface area contributed by atoms with Crippen LogP contribution in [-0.2, 0) is 6.42 Å². The lowest BCUT2D eigenvalue weighted by atomic mass is 10.1. The zero-order valence-corrected chi connectivity index (χ0v) is 11.2. The van der Waals surface area contributed by atoms with Gasteiger partial charge in [-0.05, 0) is 30.7 Å². The highest BCUT2D eigenvalue weighted by Gasteiger charge is 2.28. The van der Waals surface area contributed by atoms with Gasteiger partial charge in [-0.1, -0.05) is 12.1 Å². The van der Waals surface area contributed by atoms with Crippen molar-refractivity contribution in [2.75, 3.05) is 6.61 Å². The number of hydrogen-bond donors (Lipinski definition) is 0. The molecular formula is C15H13F4NO. The quantitative estimate of drug-likeness (QED) is 0.794. The maximum Gasteiger partial charge on any atom is 0.422 e. The minimum Gasteiger partial charge on any atom is -0.484 e. The van der Waals surface area contributed by atoms with Crippen molar-refractivity contribution in [3.8, 4) is 5.75 Å². The Morgan fingerprint density at radius 2 is 1.95 bits per heavy atom. The van der Waals surface area contributed by atoms with Gasteiger partial charge in [0.25, 0.3) is 0 Å². The minimum atomic E-state index is -4.39. The molecule has 0 fully saturated rings. The van der Waals surface area contributed by atoms with Gasteiger partial charge in [0.1, 0.15) is 11.6 Å². The van der Waals surface area contributed by atoms with Crippen molar-refractivity contribution in [3.63, 3.8) is 0 Å². The van der Waals surface area contributed by atoms with E-state index in [-0.39, 0.29) is 11.6 Å². The summed E-state index contributed by atoms with van der Waals surface area (Å²) in [7, 11) is 0. The van der Waals surface area contributed by atoms with Crippen molar-refractivity contribution in [1.82, 2.24) is 4.98 Å². The predicted molar refractivity (Wildman–Crippen MR) is 69.7 cm³/mol. The summed E-state index contributed by atoms with van der Waals surface area (Å²) in [5, 5.41) is 0. The molecule has 1 aromatic carbocycles. The summed E-state index contributed by atoms with van der Waals surface area (Å²) in [5.74, 6) is -0.233. The van der Waals surface area contributed by atoms with Crippen molar-refractivity contribution >= 4 is 0 Å². The van der Waals surface area contributed by atoms with Crippen LogP contribution >= 0.6 is 0 Å². The molecule has 2 rings (SSSR count). The molecule has 6 heteroatoms. The van der Waals surface area contributed by atoms with Gasteiger partial charge >= 0.3 is 6.18 Å². The highest BCUT2D eigenvalue weighted by molar-refractivity contribution is 5.37. The van der Waals surface area contributed by atoms with Gasteiger partial charge in [-0.15, -0.1) is 0 Å². The van der Waals surface area contributed by atoms with E-state index in [1.165, 1.54) is 24.4 Å². The third-order valence-corrected chi connectivity index (χ3v) is 2.91. The monoisotopic (exact) mass is 299 g/mol. The van der Waals surface area contributed by atoms with Gasteiger partial charge < -0.3 is 4.74 Å². The largest absolute Gasteiger partial charge is 0.484 e. The summed E-state index contributed by atoms with van der Waals surface area (Å²) in [5.41, 5.74) is 1.77. The van der Waals surface area contributed by atoms with Gasteiger partial charge in [-0.2, -0.15) is 13.2 Å². The van der Waals surface area contributed by atoms with E-state index in [0.29, 0.717) is 23.2 Å². The number of hydrogen-bond acceptors (Lipinski definition) is 2. The standard InChI is InChI=1S/C15H13F4NO/c1-10-13(8-11-3-2-4-12(16)7-11)20-6-5-14(10)21-9-15(17,18)19/h2-7H,8-9H2,1H3. The summed E-state index contributed by atoms with van der Waals surface area (Å²) >= 11 is 0. The molecule has 2 nitrogen and oxygen atoms in total. The molecule has 0 aliphatic rings. The number of nitrogens with zero attached hydrogens (tertiary/aromatic N) is 1. The fourth-order valence-electron chi connectivity index (χ4n) is 1.89. The summed E-state index contributed by atoms with van der Waals surface area (Å²) in [6, 6.07) is 7.38. The van der Waals surface area contributed by atoms with E-state index in [1.54, 1.807) is 19.1 Å². The molecule has 0 saturated heterocycles. The molecule has 0 radical (unpaired) electrons. The van der Waals surface area contributed by atoms with Crippen LogP contribution in [0.3, 0.4) is 0 Å². The topological polar surface area (TPSA) is 22.1 Å². The first-order valence-electron chi connectivity index (χ1n) is 6.23. The van der Waals surface area contributed by atoms with Gasteiger partial charge in [0.05, 0.1) is 5.69 Å². The van der Waals surface area contributed by atoms with Crippen LogP contribution in [0.15, 0.2) is 36.5 Å². The average Bonchev–Trinajstić information content (AvgIpc) is 2.39. The number of halogens is 4. The zero-order chi connectivity index (χ0) is 15.5. The molecule has 1 aromatic heterocycles. The molecule has 0 spiro atoms. The molecule has 0 N–H and O–H groups in total. The van der Waals surface area contributed by atoms with E-state index < -0.39 is 12.8 Å². The third kappa shape index (κ3) is 4.44. The van der Waals surface area contributed by atoms with Crippen molar-refractivity contribution in [1.29, 1.82) is 0 Å². The molecule has 0 aliphatic heterocycles. The molecule has 0 unspecified atom stereocenters. The van der Waals surface area contributed by atoms with Crippen LogP contribution in [0.2, 0.25) is 0 Å². The van der Waals surface area contributed by atoms with Gasteiger partial charge in [0.2, 0.25) is 0 Å². The minimum absolute atomic E-state index is 0.133. The van der Waals surface area contributed by atoms with Crippen molar-refractivity contribution in [2.24, 2.45) is 0 Å². The van der Waals surface area contributed by atoms with Gasteiger partial charge in [-0.25, -0.2) is 4.39 Å². The number of benzene rings is 1. The van der Waals surface area contributed by atoms with Gasteiger partial charge in [0.15, 0.2) is 6.61 Å². The molecule has 1 heterocycles. The highest BCUT2D eigenvalue weighted by Crippen LogP contribution is 2.24. The maximum absolute atomic E-state index is 13.1. The second kappa shape index (κ2) is 6.11. The van der Waals surface area contributed by atoms with E-state index >= 15 is 0 Å². The maximum atomic E-state index is 13.1. The normalized spacial score (nSPS) is 11.5. The molecule has 21 heavy (non-hydrogen) atoms. The van der Waals surface area contributed by atoms with Crippen LogP contribution in [0.4, 0.5) is 17.6 Å². The number of alkyl halides is 3. The van der Waals surface area contributed by atoms with Crippen LogP contribution in [0.1, 0.15) is 16.8 Å². The van der Waals surface area contributed by atoms with Gasteiger partial charge in [0, 0.05) is 18.2 Å². The Hall–Kier alpha value is -2.11. The van der Waals surface area contributed by atoms with E-state index in [2.05, 4.69) is 4.98 Å². The fourth-order valence-corrected chi connectivity index (χ4v) is 1.89. The summed E-state index contributed by atoms with van der Waals surface area (Å²) in [6.45, 7) is 0.282. The Morgan fingerprint density at radius 3 is 2.62 bits per heavy atom. The molecule has 0 bridgehead atoms. The molecule has 0 amide bonds. The summed E-state index contributed by atoms with van der Waals surface area (Å²) in [4.78, 5) is 4.12. The number of ether oxygens (including phenoxy) is 1. The molecule has 0 saturated carbocycles. The van der Waals surface area contributed by atoms with Crippen LogP contribution in [0, 0.1) is 12.7 Å². The Balaban J connectivity index is 2.17. The second-order valence-corrected chi connectivity index (χ2v) is 4.59. The summed E-state index contributed by atoms with van der Waals surface area (Å²) in [6.07, 6.45) is -2.68. The van der Waals surface area contributed by atoms with E-state index in [0.717, 1.165) is 0 Å². The van der Waals surface area contributed by atoms with Crippen molar-refractivity contribution < 1.29 is 22.3 Å². The molecule has 2 aromatic rings. The van der Waals surface area contributed by atoms with E-state index in [9.17, 15) is 17.6 Å². The Morgan fingerprint density at radius 1 is 1.19 bits per heavy atom. The summed E-state index contributed by atoms with van der Waals surface area (Å²) < 4.78 is 54.4. The van der Waals surface area contributed by atoms with Crippen LogP contribution < -0.4 is 4.74 Å². The van der Waals surface area contributed by atoms with Crippen LogP contribution in [0.25, 0.3) is 0 Å². The Labute approximate surface area is 119 Å². The lowest BCUT2D eigenvalue weighted by Crippen LogP contribution is -2.19. The van der Waals surface area contributed by atoms with Crippen LogP contribution in [-0.4, -0.2) is 17.8 Å². The predicted octanol–water partition coefficient (Wildman–Crippen LogP) is 4.06. The molecule has 0 atom stereocenters. The highest BCUT2D eigenvalue weighted by atomic mass is 19.4. The Bertz CT molecular complexity index is 625. The molecule has 0 aliphatic carbocycles. The van der Waals surface area contributed by atoms with Crippen molar-refractivity contribution in [3.05, 3.63) is 59.2 Å². The lowest BCUT2D eigenvalue weighted by molar-refractivity contribution is -0.153. The third-order valence-electron chi connectivity index (χ3n) is 2.91. The van der Waals surface area contributed by atoms with Crippen molar-refractivity contribution in [2.45, 2.75) is 19.5 Å². The lowest BCUT2D eigenvalue weighted by Gasteiger charge is -2.13. The Kier molecular flexibility index (Phi) is 4.45. The first-order chi connectivity index (χ1) is 9.85. The fraction of sp³-hybridized carbons (Fsp3) is 0.267. The first kappa shape index (κ1) is 15.3. The molecule has 112 valence electrons.